The van der Waals surface area contributed by atoms with Gasteiger partial charge in [0.05, 0.1) is 19.5 Å². The molecule has 0 fully saturated rings. The van der Waals surface area contributed by atoms with E-state index in [0.29, 0.717) is 0 Å². The summed E-state index contributed by atoms with van der Waals surface area (Å²) in [4.78, 5) is 16.4. The third kappa shape index (κ3) is 10.4. The van der Waals surface area contributed by atoms with Crippen LogP contribution in [-0.2, 0) is 24.9 Å². The Morgan fingerprint density at radius 2 is 1.41 bits per heavy atom. The SMILES string of the molecule is CCC(CC)C(=O)/C=C(\O)C(CC)CC.Cc1cc(C)cc(-c2nccc3cc([Si](C)(C)C)ccc23)c1.[CH3-].[Ir]. The first-order chi connectivity index (χ1) is 17.4. The van der Waals surface area contributed by atoms with Crippen LogP contribution in [0.1, 0.15) is 64.5 Å². The topological polar surface area (TPSA) is 50.2 Å². The van der Waals surface area contributed by atoms with Gasteiger partial charge in [-0.1, -0.05) is 87.9 Å². The summed E-state index contributed by atoms with van der Waals surface area (Å²) in [6, 6.07) is 15.7. The van der Waals surface area contributed by atoms with Crippen molar-refractivity contribution in [1.29, 1.82) is 0 Å². The molecule has 1 heterocycles. The number of hydrogen-bond acceptors (Lipinski definition) is 3. The first-order valence-electron chi connectivity index (χ1n) is 13.9. The Labute approximate surface area is 252 Å². The summed E-state index contributed by atoms with van der Waals surface area (Å²) in [5.74, 6) is 0.547. The largest absolute Gasteiger partial charge is 0.512 e. The van der Waals surface area contributed by atoms with Crippen molar-refractivity contribution in [3.8, 4) is 11.3 Å². The number of benzene rings is 2. The molecule has 0 saturated carbocycles. The van der Waals surface area contributed by atoms with E-state index >= 15 is 0 Å². The summed E-state index contributed by atoms with van der Waals surface area (Å²) in [5, 5.41) is 13.8. The van der Waals surface area contributed by atoms with Crippen LogP contribution >= 0.6 is 0 Å². The molecule has 0 saturated heterocycles. The van der Waals surface area contributed by atoms with Crippen molar-refractivity contribution in [1.82, 2.24) is 4.98 Å². The predicted molar refractivity (Wildman–Crippen MR) is 170 cm³/mol. The quantitative estimate of drug-likeness (QED) is 0.104. The Morgan fingerprint density at radius 3 is 1.90 bits per heavy atom. The van der Waals surface area contributed by atoms with E-state index in [0.717, 1.165) is 31.4 Å². The molecular formula is C34H50IrNO2Si-. The standard InChI is InChI=1S/C20H23NSi.C13H24O2.CH3.Ir/c1-14-10-15(2)12-17(11-14)20-19-7-6-18(22(3,4)5)13-16(19)8-9-21-20;1-5-10(6-2)12(14)9-13(15)11(7-3)8-4;;/h6-13H,1-5H3;9-11,14H,5-8H2,1-4H3;1H3;/q;;-1;/b;12-9-;;. The van der Waals surface area contributed by atoms with Crippen LogP contribution in [0.3, 0.4) is 0 Å². The summed E-state index contributed by atoms with van der Waals surface area (Å²) in [5.41, 5.74) is 4.87. The Morgan fingerprint density at radius 1 is 0.872 bits per heavy atom. The Kier molecular flexibility index (Phi) is 16.0. The second kappa shape index (κ2) is 16.9. The van der Waals surface area contributed by atoms with Crippen LogP contribution in [0.4, 0.5) is 0 Å². The van der Waals surface area contributed by atoms with Crippen molar-refractivity contribution in [3.05, 3.63) is 79.1 Å². The van der Waals surface area contributed by atoms with Gasteiger partial charge in [-0.05, 0) is 63.1 Å². The normalized spacial score (nSPS) is 11.5. The van der Waals surface area contributed by atoms with Gasteiger partial charge in [-0.2, -0.15) is 0 Å². The van der Waals surface area contributed by atoms with E-state index < -0.39 is 8.07 Å². The molecule has 5 heteroatoms. The minimum absolute atomic E-state index is 0. The minimum atomic E-state index is -1.29. The monoisotopic (exact) mass is 725 g/mol. The maximum Gasteiger partial charge on any atom is 0.162 e. The number of ketones is 1. The number of nitrogens with zero attached hydrogens (tertiary/aromatic N) is 1. The minimum Gasteiger partial charge on any atom is -0.512 e. The maximum absolute atomic E-state index is 11.7. The molecule has 0 spiro atoms. The van der Waals surface area contributed by atoms with Gasteiger partial charge in [-0.3, -0.25) is 9.78 Å². The molecule has 0 amide bonds. The molecule has 1 aromatic heterocycles. The number of rotatable bonds is 9. The molecule has 0 unspecified atom stereocenters. The number of aliphatic hydroxyl groups is 1. The second-order valence-electron chi connectivity index (χ2n) is 11.2. The molecule has 39 heavy (non-hydrogen) atoms. The number of pyridine rings is 1. The molecule has 3 nitrogen and oxygen atoms in total. The van der Waals surface area contributed by atoms with Gasteiger partial charge in [0.2, 0.25) is 0 Å². The molecule has 3 rings (SSSR count). The summed E-state index contributed by atoms with van der Waals surface area (Å²) >= 11 is 0. The first kappa shape index (κ1) is 36.9. The van der Waals surface area contributed by atoms with Gasteiger partial charge in [0.15, 0.2) is 5.78 Å². The van der Waals surface area contributed by atoms with Crippen molar-refractivity contribution < 1.29 is 30.0 Å². The van der Waals surface area contributed by atoms with E-state index in [1.54, 1.807) is 0 Å². The Balaban J connectivity index is 0.000000758. The molecule has 1 N–H and O–H groups in total. The van der Waals surface area contributed by atoms with Gasteiger partial charge in [0, 0.05) is 55.2 Å². The van der Waals surface area contributed by atoms with Crippen molar-refractivity contribution in [3.63, 3.8) is 0 Å². The smallest absolute Gasteiger partial charge is 0.162 e. The number of allylic oxidation sites excluding steroid dienone is 2. The van der Waals surface area contributed by atoms with E-state index in [4.69, 9.17) is 0 Å². The van der Waals surface area contributed by atoms with Gasteiger partial charge in [0.1, 0.15) is 0 Å². The van der Waals surface area contributed by atoms with Crippen molar-refractivity contribution >= 4 is 29.8 Å². The van der Waals surface area contributed by atoms with Crippen molar-refractivity contribution in [2.75, 3.05) is 0 Å². The van der Waals surface area contributed by atoms with E-state index in [2.05, 4.69) is 80.9 Å². The average molecular weight is 725 g/mol. The number of aliphatic hydroxyl groups excluding tert-OH is 1. The average Bonchev–Trinajstić information content (AvgIpc) is 2.84. The molecule has 0 aliphatic rings. The van der Waals surface area contributed by atoms with Gasteiger partial charge >= 0.3 is 0 Å². The van der Waals surface area contributed by atoms with E-state index in [9.17, 15) is 9.90 Å². The number of carbonyl (C=O) groups is 1. The van der Waals surface area contributed by atoms with Crippen LogP contribution < -0.4 is 5.19 Å². The van der Waals surface area contributed by atoms with E-state index in [1.807, 2.05) is 33.9 Å². The third-order valence-electron chi connectivity index (χ3n) is 7.21. The van der Waals surface area contributed by atoms with E-state index in [-0.39, 0.29) is 50.9 Å². The van der Waals surface area contributed by atoms with E-state index in [1.165, 1.54) is 38.7 Å². The Hall–Kier alpha value is -2.07. The van der Waals surface area contributed by atoms with Gasteiger partial charge in [0.25, 0.3) is 0 Å². The van der Waals surface area contributed by atoms with Gasteiger partial charge in [-0.25, -0.2) is 0 Å². The zero-order valence-electron chi connectivity index (χ0n) is 25.8. The molecular weight excluding hydrogens is 675 g/mol. The fourth-order valence-corrected chi connectivity index (χ4v) is 5.94. The van der Waals surface area contributed by atoms with Crippen molar-refractivity contribution in [2.24, 2.45) is 11.8 Å². The summed E-state index contributed by atoms with van der Waals surface area (Å²) < 4.78 is 0. The number of aromatic nitrogens is 1. The fourth-order valence-electron chi connectivity index (χ4n) is 4.77. The maximum atomic E-state index is 11.7. The van der Waals surface area contributed by atoms with Gasteiger partial charge in [-0.15, -0.1) is 0 Å². The summed E-state index contributed by atoms with van der Waals surface area (Å²) in [6.07, 6.45) is 6.84. The number of aryl methyl sites for hydroxylation is 2. The van der Waals surface area contributed by atoms with Crippen LogP contribution in [0, 0.1) is 33.1 Å². The summed E-state index contributed by atoms with van der Waals surface area (Å²) in [6.45, 7) is 19.5. The fraction of sp³-hybridized carbons (Fsp3) is 0.441. The van der Waals surface area contributed by atoms with Crippen LogP contribution in [0.2, 0.25) is 19.6 Å². The van der Waals surface area contributed by atoms with Gasteiger partial charge < -0.3 is 12.5 Å². The number of fused-ring (bicyclic) bond motifs is 1. The molecule has 217 valence electrons. The van der Waals surface area contributed by atoms with Crippen LogP contribution in [0.5, 0.6) is 0 Å². The van der Waals surface area contributed by atoms with Crippen LogP contribution in [0.25, 0.3) is 22.0 Å². The van der Waals surface area contributed by atoms with Crippen molar-refractivity contribution in [2.45, 2.75) is 86.9 Å². The number of carbonyl (C=O) groups excluding carboxylic acids is 1. The molecule has 2 aromatic carbocycles. The van der Waals surface area contributed by atoms with Crippen LogP contribution in [0.15, 0.2) is 60.5 Å². The molecule has 3 aromatic rings. The summed E-state index contributed by atoms with van der Waals surface area (Å²) in [7, 11) is -1.29. The Bertz CT molecular complexity index is 1200. The molecule has 0 aliphatic carbocycles. The molecule has 0 bridgehead atoms. The zero-order valence-corrected chi connectivity index (χ0v) is 29.2. The second-order valence-corrected chi connectivity index (χ2v) is 16.3. The molecule has 0 aliphatic heterocycles. The first-order valence-corrected chi connectivity index (χ1v) is 17.4. The third-order valence-corrected chi connectivity index (χ3v) is 9.25. The predicted octanol–water partition coefficient (Wildman–Crippen LogP) is 9.38. The van der Waals surface area contributed by atoms with Crippen LogP contribution in [-0.4, -0.2) is 23.9 Å². The number of hydrogen-bond donors (Lipinski definition) is 1. The molecule has 0 atom stereocenters. The molecule has 1 radical (unpaired) electrons. The zero-order chi connectivity index (χ0) is 27.8.